The smallest absolute Gasteiger partial charge is 0.275 e. The summed E-state index contributed by atoms with van der Waals surface area (Å²) in [6, 6.07) is 1.86. The molecular formula is C13H15N3OS. The van der Waals surface area contributed by atoms with E-state index in [4.69, 9.17) is 0 Å². The Morgan fingerprint density at radius 3 is 2.89 bits per heavy atom. The van der Waals surface area contributed by atoms with E-state index in [1.54, 1.807) is 17.9 Å². The van der Waals surface area contributed by atoms with E-state index in [2.05, 4.69) is 29.1 Å². The Morgan fingerprint density at radius 1 is 1.44 bits per heavy atom. The third kappa shape index (κ3) is 2.56. The molecule has 0 aromatic carbocycles. The van der Waals surface area contributed by atoms with Crippen LogP contribution < -0.4 is 5.32 Å². The molecule has 94 valence electrons. The number of pyridine rings is 1. The van der Waals surface area contributed by atoms with Crippen LogP contribution >= 0.6 is 11.3 Å². The Kier molecular flexibility index (Phi) is 3.72. The van der Waals surface area contributed by atoms with Crippen LogP contribution in [0.5, 0.6) is 0 Å². The summed E-state index contributed by atoms with van der Waals surface area (Å²) in [6.07, 6.45) is 3.35. The monoisotopic (exact) mass is 261 g/mol. The minimum absolute atomic E-state index is 0.170. The largest absolute Gasteiger partial charge is 0.319 e. The van der Waals surface area contributed by atoms with Crippen LogP contribution in [0, 0.1) is 6.92 Å². The number of aromatic nitrogens is 2. The second-order valence-electron chi connectivity index (χ2n) is 4.36. The average Bonchev–Trinajstić information content (AvgIpc) is 2.81. The lowest BCUT2D eigenvalue weighted by atomic mass is 10.1. The third-order valence-electron chi connectivity index (χ3n) is 2.62. The molecule has 1 amide bonds. The normalized spacial score (nSPS) is 10.7. The van der Waals surface area contributed by atoms with Gasteiger partial charge in [0.2, 0.25) is 0 Å². The molecule has 0 saturated carbocycles. The topological polar surface area (TPSA) is 54.9 Å². The summed E-state index contributed by atoms with van der Waals surface area (Å²) in [5, 5.41) is 2.85. The number of carbonyl (C=O) groups excluding carboxylic acids is 1. The van der Waals surface area contributed by atoms with Gasteiger partial charge in [-0.05, 0) is 24.5 Å². The van der Waals surface area contributed by atoms with Crippen LogP contribution in [0.15, 0.2) is 24.0 Å². The average molecular weight is 261 g/mol. The van der Waals surface area contributed by atoms with Gasteiger partial charge in [-0.2, -0.15) is 0 Å². The van der Waals surface area contributed by atoms with Crippen molar-refractivity contribution in [2.75, 3.05) is 5.32 Å². The van der Waals surface area contributed by atoms with Crippen molar-refractivity contribution in [1.82, 2.24) is 9.97 Å². The van der Waals surface area contributed by atoms with Gasteiger partial charge >= 0.3 is 0 Å². The van der Waals surface area contributed by atoms with Crippen molar-refractivity contribution in [2.45, 2.75) is 26.7 Å². The summed E-state index contributed by atoms with van der Waals surface area (Å²) in [7, 11) is 0. The van der Waals surface area contributed by atoms with Crippen molar-refractivity contribution in [3.8, 4) is 0 Å². The zero-order chi connectivity index (χ0) is 13.1. The number of anilines is 1. The fraction of sp³-hybridized carbons (Fsp3) is 0.308. The highest BCUT2D eigenvalue weighted by molar-refractivity contribution is 7.10. The van der Waals surface area contributed by atoms with Crippen molar-refractivity contribution >= 4 is 22.9 Å². The van der Waals surface area contributed by atoms with Gasteiger partial charge in [0.15, 0.2) is 0 Å². The lowest BCUT2D eigenvalue weighted by Gasteiger charge is -2.08. The van der Waals surface area contributed by atoms with Gasteiger partial charge in [0.05, 0.1) is 17.4 Å². The van der Waals surface area contributed by atoms with E-state index in [1.165, 1.54) is 11.3 Å². The predicted molar refractivity (Wildman–Crippen MR) is 73.1 cm³/mol. The van der Waals surface area contributed by atoms with Gasteiger partial charge in [0.25, 0.3) is 5.91 Å². The molecule has 4 nitrogen and oxygen atoms in total. The van der Waals surface area contributed by atoms with Crippen molar-refractivity contribution < 1.29 is 4.79 Å². The number of carbonyl (C=O) groups is 1. The summed E-state index contributed by atoms with van der Waals surface area (Å²) >= 11 is 1.51. The molecule has 0 aliphatic rings. The highest BCUT2D eigenvalue weighted by Gasteiger charge is 2.17. The molecule has 0 aliphatic heterocycles. The Hall–Kier alpha value is -1.75. The molecular weight excluding hydrogens is 246 g/mol. The molecule has 0 atom stereocenters. The molecule has 0 bridgehead atoms. The molecule has 0 unspecified atom stereocenters. The van der Waals surface area contributed by atoms with Gasteiger partial charge in [0, 0.05) is 11.1 Å². The zero-order valence-corrected chi connectivity index (χ0v) is 11.4. The molecule has 0 radical (unpaired) electrons. The van der Waals surface area contributed by atoms with Crippen LogP contribution in [0.3, 0.4) is 0 Å². The maximum absolute atomic E-state index is 12.2. The number of hydrogen-bond acceptors (Lipinski definition) is 4. The van der Waals surface area contributed by atoms with E-state index in [1.807, 2.05) is 13.0 Å². The van der Waals surface area contributed by atoms with Gasteiger partial charge in [-0.15, -0.1) is 11.3 Å². The summed E-state index contributed by atoms with van der Waals surface area (Å²) in [4.78, 5) is 21.3. The van der Waals surface area contributed by atoms with Gasteiger partial charge in [0.1, 0.15) is 5.69 Å². The quantitative estimate of drug-likeness (QED) is 0.923. The maximum Gasteiger partial charge on any atom is 0.275 e. The number of hydrogen-bond donors (Lipinski definition) is 1. The summed E-state index contributed by atoms with van der Waals surface area (Å²) in [5.74, 6) is 0.129. The molecule has 18 heavy (non-hydrogen) atoms. The highest BCUT2D eigenvalue weighted by Crippen LogP contribution is 2.24. The van der Waals surface area contributed by atoms with Crippen LogP contribution in [0.4, 0.5) is 5.69 Å². The maximum atomic E-state index is 12.2. The van der Waals surface area contributed by atoms with E-state index in [0.717, 1.165) is 16.1 Å². The molecule has 2 heterocycles. The van der Waals surface area contributed by atoms with Crippen LogP contribution in [-0.2, 0) is 0 Å². The number of amides is 1. The SMILES string of the molecule is Cc1ccncc1NC(=O)c1ncsc1C(C)C. The van der Waals surface area contributed by atoms with Crippen molar-refractivity contribution in [3.05, 3.63) is 40.1 Å². The highest BCUT2D eigenvalue weighted by atomic mass is 32.1. The van der Waals surface area contributed by atoms with E-state index >= 15 is 0 Å². The van der Waals surface area contributed by atoms with Gasteiger partial charge < -0.3 is 5.32 Å². The van der Waals surface area contributed by atoms with Crippen LogP contribution in [0.2, 0.25) is 0 Å². The van der Waals surface area contributed by atoms with E-state index in [-0.39, 0.29) is 5.91 Å². The van der Waals surface area contributed by atoms with Crippen LogP contribution in [-0.4, -0.2) is 15.9 Å². The first-order valence-corrected chi connectivity index (χ1v) is 6.63. The standard InChI is InChI=1S/C13H15N3OS/c1-8(2)12-11(15-7-18-12)13(17)16-10-6-14-5-4-9(10)3/h4-8H,1-3H3,(H,16,17). The molecule has 0 saturated heterocycles. The number of aryl methyl sites for hydroxylation is 1. The molecule has 2 rings (SSSR count). The summed E-state index contributed by atoms with van der Waals surface area (Å²) in [5.41, 5.74) is 3.93. The number of nitrogens with one attached hydrogen (secondary N) is 1. The Bertz CT molecular complexity index is 563. The summed E-state index contributed by atoms with van der Waals surface area (Å²) < 4.78 is 0. The first-order valence-electron chi connectivity index (χ1n) is 5.75. The minimum Gasteiger partial charge on any atom is -0.319 e. The number of thiazole rings is 1. The molecule has 0 fully saturated rings. The molecule has 5 heteroatoms. The van der Waals surface area contributed by atoms with Gasteiger partial charge in [-0.3, -0.25) is 9.78 Å². The van der Waals surface area contributed by atoms with E-state index in [9.17, 15) is 4.79 Å². The van der Waals surface area contributed by atoms with Crippen molar-refractivity contribution in [3.63, 3.8) is 0 Å². The lowest BCUT2D eigenvalue weighted by molar-refractivity contribution is 0.102. The Morgan fingerprint density at radius 2 is 2.22 bits per heavy atom. The predicted octanol–water partition coefficient (Wildman–Crippen LogP) is 3.22. The molecule has 2 aromatic rings. The molecule has 0 aliphatic carbocycles. The van der Waals surface area contributed by atoms with Crippen molar-refractivity contribution in [2.24, 2.45) is 0 Å². The van der Waals surface area contributed by atoms with Crippen LogP contribution in [0.1, 0.15) is 40.7 Å². The van der Waals surface area contributed by atoms with Crippen molar-refractivity contribution in [1.29, 1.82) is 0 Å². The molecule has 2 aromatic heterocycles. The zero-order valence-electron chi connectivity index (χ0n) is 10.6. The fourth-order valence-corrected chi connectivity index (χ4v) is 2.41. The van der Waals surface area contributed by atoms with Gasteiger partial charge in [-0.1, -0.05) is 13.8 Å². The van der Waals surface area contributed by atoms with E-state index in [0.29, 0.717) is 11.6 Å². The first kappa shape index (κ1) is 12.7. The second-order valence-corrected chi connectivity index (χ2v) is 5.25. The Balaban J connectivity index is 2.23. The first-order chi connectivity index (χ1) is 8.59. The third-order valence-corrected chi connectivity index (χ3v) is 3.75. The number of rotatable bonds is 3. The Labute approximate surface area is 110 Å². The minimum atomic E-state index is -0.170. The lowest BCUT2D eigenvalue weighted by Crippen LogP contribution is -2.15. The molecule has 0 spiro atoms. The van der Waals surface area contributed by atoms with E-state index < -0.39 is 0 Å². The molecule has 1 N–H and O–H groups in total. The summed E-state index contributed by atoms with van der Waals surface area (Å²) in [6.45, 7) is 6.04. The van der Waals surface area contributed by atoms with Gasteiger partial charge in [-0.25, -0.2) is 4.98 Å². The number of nitrogens with zero attached hydrogens (tertiary/aromatic N) is 2. The second kappa shape index (κ2) is 5.27. The van der Waals surface area contributed by atoms with Crippen LogP contribution in [0.25, 0.3) is 0 Å². The fourth-order valence-electron chi connectivity index (χ4n) is 1.61.